The van der Waals surface area contributed by atoms with Gasteiger partial charge in [-0.2, -0.15) is 0 Å². The molecule has 0 saturated heterocycles. The summed E-state index contributed by atoms with van der Waals surface area (Å²) in [5, 5.41) is 0. The Morgan fingerprint density at radius 1 is 1.50 bits per heavy atom. The number of primary amides is 1. The lowest BCUT2D eigenvalue weighted by molar-refractivity contribution is -0.126. The molecule has 2 heteroatoms. The van der Waals surface area contributed by atoms with Crippen LogP contribution in [0.5, 0.6) is 0 Å². The van der Waals surface area contributed by atoms with E-state index in [2.05, 4.69) is 6.92 Å². The van der Waals surface area contributed by atoms with Crippen molar-refractivity contribution >= 4 is 5.91 Å². The van der Waals surface area contributed by atoms with Gasteiger partial charge in [0, 0.05) is 5.41 Å². The second-order valence-electron chi connectivity index (χ2n) is 3.35. The van der Waals surface area contributed by atoms with E-state index in [0.717, 1.165) is 19.3 Å². The van der Waals surface area contributed by atoms with Crippen LogP contribution in [0.2, 0.25) is 0 Å². The van der Waals surface area contributed by atoms with E-state index in [1.165, 1.54) is 0 Å². The predicted molar refractivity (Wildman–Crippen MR) is 42.5 cm³/mol. The first-order valence-corrected chi connectivity index (χ1v) is 3.80. The Kier molecular flexibility index (Phi) is 3.40. The predicted octanol–water partition coefficient (Wildman–Crippen LogP) is 1.69. The van der Waals surface area contributed by atoms with Crippen molar-refractivity contribution in [3.05, 3.63) is 0 Å². The quantitative estimate of drug-likeness (QED) is 0.639. The second kappa shape index (κ2) is 3.59. The Labute approximate surface area is 62.8 Å². The number of rotatable bonds is 4. The van der Waals surface area contributed by atoms with Gasteiger partial charge in [0.05, 0.1) is 0 Å². The summed E-state index contributed by atoms with van der Waals surface area (Å²) < 4.78 is 0. The number of hydrogen-bond acceptors (Lipinski definition) is 1. The van der Waals surface area contributed by atoms with Crippen molar-refractivity contribution in [2.45, 2.75) is 40.0 Å². The highest BCUT2D eigenvalue weighted by atomic mass is 16.1. The van der Waals surface area contributed by atoms with Crippen LogP contribution >= 0.6 is 0 Å². The molecular formula is C8H17NO. The van der Waals surface area contributed by atoms with Gasteiger partial charge in [-0.05, 0) is 6.42 Å². The lowest BCUT2D eigenvalue weighted by atomic mass is 9.87. The van der Waals surface area contributed by atoms with E-state index in [1.807, 2.05) is 13.8 Å². The van der Waals surface area contributed by atoms with Crippen molar-refractivity contribution in [3.8, 4) is 0 Å². The molecule has 0 aromatic heterocycles. The fourth-order valence-corrected chi connectivity index (χ4v) is 0.742. The van der Waals surface area contributed by atoms with Crippen molar-refractivity contribution in [2.75, 3.05) is 0 Å². The molecule has 0 aromatic rings. The lowest BCUT2D eigenvalue weighted by Gasteiger charge is -2.19. The maximum atomic E-state index is 10.7. The standard InChI is InChI=1S/C8H17NO/c1-4-5-6-8(2,3)7(9)10/h4-6H2,1-3H3,(H2,9,10). The van der Waals surface area contributed by atoms with Crippen LogP contribution in [-0.4, -0.2) is 5.91 Å². The number of carbonyl (C=O) groups is 1. The van der Waals surface area contributed by atoms with E-state index in [-0.39, 0.29) is 11.3 Å². The minimum Gasteiger partial charge on any atom is -0.369 e. The van der Waals surface area contributed by atoms with Gasteiger partial charge in [0.25, 0.3) is 0 Å². The third-order valence-electron chi connectivity index (χ3n) is 1.82. The van der Waals surface area contributed by atoms with Crippen LogP contribution in [0.4, 0.5) is 0 Å². The number of unbranched alkanes of at least 4 members (excludes halogenated alkanes) is 1. The molecule has 0 rings (SSSR count). The number of carbonyl (C=O) groups excluding carboxylic acids is 1. The molecule has 0 aliphatic rings. The third-order valence-corrected chi connectivity index (χ3v) is 1.82. The summed E-state index contributed by atoms with van der Waals surface area (Å²) in [6, 6.07) is 0. The van der Waals surface area contributed by atoms with Crippen molar-refractivity contribution in [1.29, 1.82) is 0 Å². The molecule has 0 atom stereocenters. The van der Waals surface area contributed by atoms with Crippen molar-refractivity contribution in [1.82, 2.24) is 0 Å². The highest BCUT2D eigenvalue weighted by Gasteiger charge is 2.23. The molecule has 0 bridgehead atoms. The topological polar surface area (TPSA) is 43.1 Å². The van der Waals surface area contributed by atoms with E-state index < -0.39 is 0 Å². The van der Waals surface area contributed by atoms with Crippen LogP contribution in [0.1, 0.15) is 40.0 Å². The van der Waals surface area contributed by atoms with Gasteiger partial charge in [-0.1, -0.05) is 33.6 Å². The van der Waals surface area contributed by atoms with E-state index in [4.69, 9.17) is 5.73 Å². The number of amides is 1. The van der Waals surface area contributed by atoms with Crippen molar-refractivity contribution < 1.29 is 4.79 Å². The Morgan fingerprint density at radius 3 is 2.30 bits per heavy atom. The fourth-order valence-electron chi connectivity index (χ4n) is 0.742. The molecule has 0 spiro atoms. The highest BCUT2D eigenvalue weighted by molar-refractivity contribution is 5.79. The highest BCUT2D eigenvalue weighted by Crippen LogP contribution is 2.21. The number of nitrogens with two attached hydrogens (primary N) is 1. The Hall–Kier alpha value is -0.530. The monoisotopic (exact) mass is 143 g/mol. The van der Waals surface area contributed by atoms with Crippen molar-refractivity contribution in [3.63, 3.8) is 0 Å². The van der Waals surface area contributed by atoms with Gasteiger partial charge in [0.2, 0.25) is 5.91 Å². The maximum Gasteiger partial charge on any atom is 0.223 e. The smallest absolute Gasteiger partial charge is 0.223 e. The Balaban J connectivity index is 3.75. The zero-order valence-corrected chi connectivity index (χ0v) is 7.11. The first-order valence-electron chi connectivity index (χ1n) is 3.80. The molecule has 0 saturated carbocycles. The summed E-state index contributed by atoms with van der Waals surface area (Å²) in [5.74, 6) is -0.194. The van der Waals surface area contributed by atoms with Crippen LogP contribution in [-0.2, 0) is 4.79 Å². The molecule has 10 heavy (non-hydrogen) atoms. The van der Waals surface area contributed by atoms with Gasteiger partial charge in [-0.15, -0.1) is 0 Å². The van der Waals surface area contributed by atoms with E-state index in [0.29, 0.717) is 0 Å². The Bertz CT molecular complexity index is 118. The van der Waals surface area contributed by atoms with Crippen LogP contribution < -0.4 is 5.73 Å². The van der Waals surface area contributed by atoms with Gasteiger partial charge in [0.15, 0.2) is 0 Å². The Morgan fingerprint density at radius 2 is 2.00 bits per heavy atom. The molecule has 0 aliphatic heterocycles. The molecule has 0 unspecified atom stereocenters. The summed E-state index contributed by atoms with van der Waals surface area (Å²) in [5.41, 5.74) is 4.86. The lowest BCUT2D eigenvalue weighted by Crippen LogP contribution is -2.31. The summed E-state index contributed by atoms with van der Waals surface area (Å²) in [6.45, 7) is 5.90. The van der Waals surface area contributed by atoms with Gasteiger partial charge < -0.3 is 5.73 Å². The summed E-state index contributed by atoms with van der Waals surface area (Å²) in [6.07, 6.45) is 3.10. The zero-order chi connectivity index (χ0) is 8.20. The van der Waals surface area contributed by atoms with Gasteiger partial charge in [-0.25, -0.2) is 0 Å². The van der Waals surface area contributed by atoms with Crippen LogP contribution in [0.15, 0.2) is 0 Å². The molecule has 60 valence electrons. The fraction of sp³-hybridized carbons (Fsp3) is 0.875. The summed E-state index contributed by atoms with van der Waals surface area (Å²) in [4.78, 5) is 10.7. The molecule has 1 amide bonds. The maximum absolute atomic E-state index is 10.7. The van der Waals surface area contributed by atoms with Crippen LogP contribution in [0, 0.1) is 5.41 Å². The average Bonchev–Trinajstić information content (AvgIpc) is 1.84. The first-order chi connectivity index (χ1) is 4.50. The van der Waals surface area contributed by atoms with E-state index >= 15 is 0 Å². The van der Waals surface area contributed by atoms with Crippen LogP contribution in [0.3, 0.4) is 0 Å². The molecule has 0 aliphatic carbocycles. The minimum atomic E-state index is -0.310. The number of hydrogen-bond donors (Lipinski definition) is 1. The van der Waals surface area contributed by atoms with E-state index in [1.54, 1.807) is 0 Å². The first kappa shape index (κ1) is 9.47. The zero-order valence-electron chi connectivity index (χ0n) is 7.11. The molecule has 2 nitrogen and oxygen atoms in total. The molecule has 0 radical (unpaired) electrons. The molecule has 0 aromatic carbocycles. The molecular weight excluding hydrogens is 126 g/mol. The molecule has 2 N–H and O–H groups in total. The largest absolute Gasteiger partial charge is 0.369 e. The van der Waals surface area contributed by atoms with Crippen molar-refractivity contribution in [2.24, 2.45) is 11.1 Å². The summed E-state index contributed by atoms with van der Waals surface area (Å²) >= 11 is 0. The van der Waals surface area contributed by atoms with E-state index in [9.17, 15) is 4.79 Å². The molecule has 0 fully saturated rings. The van der Waals surface area contributed by atoms with Gasteiger partial charge in [0.1, 0.15) is 0 Å². The third kappa shape index (κ3) is 2.85. The second-order valence-corrected chi connectivity index (χ2v) is 3.35. The normalized spacial score (nSPS) is 11.5. The van der Waals surface area contributed by atoms with Gasteiger partial charge >= 0.3 is 0 Å². The summed E-state index contributed by atoms with van der Waals surface area (Å²) in [7, 11) is 0. The minimum absolute atomic E-state index is 0.194. The molecule has 0 heterocycles. The van der Waals surface area contributed by atoms with Gasteiger partial charge in [-0.3, -0.25) is 4.79 Å². The average molecular weight is 143 g/mol. The van der Waals surface area contributed by atoms with Crippen LogP contribution in [0.25, 0.3) is 0 Å². The SMILES string of the molecule is CCCCC(C)(C)C(N)=O.